The van der Waals surface area contributed by atoms with Crippen molar-refractivity contribution in [1.29, 1.82) is 0 Å². The number of amides is 1. The van der Waals surface area contributed by atoms with E-state index >= 15 is 0 Å². The lowest BCUT2D eigenvalue weighted by atomic mass is 9.98. The van der Waals surface area contributed by atoms with E-state index in [0.29, 0.717) is 6.42 Å². The smallest absolute Gasteiger partial charge is 0.243 e. The first-order chi connectivity index (χ1) is 14.0. The first kappa shape index (κ1) is 20.4. The van der Waals surface area contributed by atoms with Crippen LogP contribution >= 0.6 is 0 Å². The molecule has 7 nitrogen and oxygen atoms in total. The van der Waals surface area contributed by atoms with Crippen LogP contribution in [0.4, 0.5) is 0 Å². The number of rotatable bonds is 8. The topological polar surface area (TPSA) is 91.3 Å². The van der Waals surface area contributed by atoms with E-state index in [0.717, 1.165) is 28.3 Å². The van der Waals surface area contributed by atoms with Crippen molar-refractivity contribution in [2.75, 3.05) is 14.2 Å². The van der Waals surface area contributed by atoms with E-state index < -0.39 is 5.97 Å². The summed E-state index contributed by atoms with van der Waals surface area (Å²) in [4.78, 5) is 23.4. The highest BCUT2D eigenvalue weighted by atomic mass is 16.5. The van der Waals surface area contributed by atoms with Gasteiger partial charge in [-0.25, -0.2) is 5.01 Å². The van der Waals surface area contributed by atoms with Crippen molar-refractivity contribution >= 4 is 17.6 Å². The van der Waals surface area contributed by atoms with Crippen LogP contribution in [0.2, 0.25) is 0 Å². The fourth-order valence-corrected chi connectivity index (χ4v) is 3.28. The van der Waals surface area contributed by atoms with E-state index in [1.807, 2.05) is 48.5 Å². The Bertz CT molecular complexity index is 890. The Hall–Kier alpha value is -3.35. The van der Waals surface area contributed by atoms with Crippen molar-refractivity contribution in [3.63, 3.8) is 0 Å². The summed E-state index contributed by atoms with van der Waals surface area (Å²) in [5.74, 6) is 0.105. The predicted octanol–water partition coefficient (Wildman–Crippen LogP) is 2.30. The number of carbonyl (C=O) groups excluding carboxylic acids is 2. The molecule has 0 saturated carbocycles. The molecule has 0 unspecified atom stereocenters. The van der Waals surface area contributed by atoms with Gasteiger partial charge in [0.05, 0.1) is 26.0 Å². The van der Waals surface area contributed by atoms with Gasteiger partial charge in [0.15, 0.2) is 0 Å². The summed E-state index contributed by atoms with van der Waals surface area (Å²) in [6.07, 6.45) is 0.729. The molecule has 2 aromatic carbocycles. The van der Waals surface area contributed by atoms with Crippen LogP contribution in [0, 0.1) is 0 Å². The van der Waals surface area contributed by atoms with Gasteiger partial charge < -0.3 is 19.4 Å². The second-order valence-electron chi connectivity index (χ2n) is 6.73. The van der Waals surface area contributed by atoms with Gasteiger partial charge in [-0.2, -0.15) is 5.10 Å². The maximum absolute atomic E-state index is 12.8. The van der Waals surface area contributed by atoms with Crippen LogP contribution in [0.25, 0.3) is 0 Å². The molecule has 0 radical (unpaired) electrons. The van der Waals surface area contributed by atoms with Crippen molar-refractivity contribution in [3.8, 4) is 11.5 Å². The van der Waals surface area contributed by atoms with E-state index in [9.17, 15) is 14.7 Å². The number of benzene rings is 2. The summed E-state index contributed by atoms with van der Waals surface area (Å²) < 4.78 is 10.4. The summed E-state index contributed by atoms with van der Waals surface area (Å²) in [5, 5.41) is 16.7. The fraction of sp³-hybridized carbons (Fsp3) is 0.318. The first-order valence-electron chi connectivity index (χ1n) is 9.39. The van der Waals surface area contributed by atoms with Crippen molar-refractivity contribution in [2.24, 2.45) is 5.10 Å². The van der Waals surface area contributed by atoms with Crippen LogP contribution in [0.15, 0.2) is 53.6 Å². The third kappa shape index (κ3) is 4.93. The zero-order valence-electron chi connectivity index (χ0n) is 16.5. The minimum absolute atomic E-state index is 0.0972. The van der Waals surface area contributed by atoms with Crippen molar-refractivity contribution in [3.05, 3.63) is 59.7 Å². The summed E-state index contributed by atoms with van der Waals surface area (Å²) in [6.45, 7) is 0. The van der Waals surface area contributed by atoms with Crippen molar-refractivity contribution in [2.45, 2.75) is 31.7 Å². The number of carbonyl (C=O) groups is 2. The monoisotopic (exact) mass is 395 g/mol. The highest BCUT2D eigenvalue weighted by Gasteiger charge is 2.32. The minimum atomic E-state index is -1.16. The van der Waals surface area contributed by atoms with Gasteiger partial charge in [0, 0.05) is 18.8 Å². The van der Waals surface area contributed by atoms with E-state index in [1.165, 1.54) is 5.01 Å². The van der Waals surface area contributed by atoms with Gasteiger partial charge in [-0.05, 0) is 60.4 Å². The molecule has 1 amide bonds. The molecule has 0 saturated heterocycles. The van der Waals surface area contributed by atoms with Crippen molar-refractivity contribution in [1.82, 2.24) is 5.01 Å². The van der Waals surface area contributed by atoms with Gasteiger partial charge in [0.25, 0.3) is 0 Å². The van der Waals surface area contributed by atoms with Crippen LogP contribution in [-0.4, -0.2) is 36.8 Å². The molecule has 0 bridgehead atoms. The van der Waals surface area contributed by atoms with Crippen LogP contribution < -0.4 is 14.6 Å². The number of carboxylic acids is 1. The number of carboxylic acid groups (broad SMARTS) is 1. The van der Waals surface area contributed by atoms with Gasteiger partial charge in [0.1, 0.15) is 11.5 Å². The molecule has 0 aliphatic carbocycles. The molecule has 0 N–H and O–H groups in total. The second kappa shape index (κ2) is 9.23. The molecular weight excluding hydrogens is 372 g/mol. The maximum Gasteiger partial charge on any atom is 0.243 e. The van der Waals surface area contributed by atoms with E-state index in [1.54, 1.807) is 14.2 Å². The van der Waals surface area contributed by atoms with Gasteiger partial charge in [-0.1, -0.05) is 12.1 Å². The number of hydrazone groups is 1. The predicted molar refractivity (Wildman–Crippen MR) is 106 cm³/mol. The normalized spacial score (nSPS) is 15.7. The van der Waals surface area contributed by atoms with E-state index in [-0.39, 0.29) is 31.2 Å². The van der Waals surface area contributed by atoms with Gasteiger partial charge in [-0.15, -0.1) is 0 Å². The van der Waals surface area contributed by atoms with Crippen LogP contribution in [0.5, 0.6) is 11.5 Å². The van der Waals surface area contributed by atoms with E-state index in [2.05, 4.69) is 5.10 Å². The maximum atomic E-state index is 12.8. The van der Waals surface area contributed by atoms with Crippen LogP contribution in [0.1, 0.15) is 42.9 Å². The molecule has 0 spiro atoms. The van der Waals surface area contributed by atoms with Gasteiger partial charge in [-0.3, -0.25) is 4.79 Å². The Morgan fingerprint density at radius 2 is 1.59 bits per heavy atom. The number of ether oxygens (including phenoxy) is 2. The third-order valence-electron chi connectivity index (χ3n) is 4.86. The fourth-order valence-electron chi connectivity index (χ4n) is 3.28. The largest absolute Gasteiger partial charge is 0.550 e. The zero-order chi connectivity index (χ0) is 20.8. The summed E-state index contributed by atoms with van der Waals surface area (Å²) in [6, 6.07) is 14.8. The molecule has 1 atom stereocenters. The Morgan fingerprint density at radius 3 is 2.14 bits per heavy atom. The number of methoxy groups -OCH3 is 2. The Labute approximate surface area is 169 Å². The van der Waals surface area contributed by atoms with Crippen molar-refractivity contribution < 1.29 is 24.2 Å². The SMILES string of the molecule is COc1ccc(C2=NN(C(=O)CCCC(=O)[O-])[C@H](c3ccc(OC)cc3)C2)cc1. The Balaban J connectivity index is 1.84. The molecule has 7 heteroatoms. The number of nitrogens with zero attached hydrogens (tertiary/aromatic N) is 2. The number of aliphatic carboxylic acids is 1. The standard InChI is InChI=1S/C22H24N2O5/c1-28-17-10-6-15(7-11-17)19-14-20(16-8-12-18(29-2)13-9-16)24(23-19)21(25)4-3-5-22(26)27/h6-13,20H,3-5,14H2,1-2H3,(H,26,27)/p-1/t20-/m0/s1. The molecule has 29 heavy (non-hydrogen) atoms. The number of hydrogen-bond acceptors (Lipinski definition) is 6. The average molecular weight is 395 g/mol. The van der Waals surface area contributed by atoms with Gasteiger partial charge >= 0.3 is 0 Å². The molecule has 3 rings (SSSR count). The summed E-state index contributed by atoms with van der Waals surface area (Å²) in [5.41, 5.74) is 2.64. The highest BCUT2D eigenvalue weighted by molar-refractivity contribution is 6.03. The Kier molecular flexibility index (Phi) is 6.49. The Morgan fingerprint density at radius 1 is 1.00 bits per heavy atom. The third-order valence-corrected chi connectivity index (χ3v) is 4.86. The lowest BCUT2D eigenvalue weighted by molar-refractivity contribution is -0.305. The average Bonchev–Trinajstić information content (AvgIpc) is 3.19. The molecule has 2 aromatic rings. The molecule has 1 aliphatic heterocycles. The lowest BCUT2D eigenvalue weighted by Crippen LogP contribution is -2.28. The molecule has 0 aromatic heterocycles. The van der Waals surface area contributed by atoms with Gasteiger partial charge in [0.2, 0.25) is 5.91 Å². The van der Waals surface area contributed by atoms with Crippen LogP contribution in [0.3, 0.4) is 0 Å². The van der Waals surface area contributed by atoms with E-state index in [4.69, 9.17) is 9.47 Å². The molecule has 152 valence electrons. The van der Waals surface area contributed by atoms with Crippen LogP contribution in [-0.2, 0) is 9.59 Å². The minimum Gasteiger partial charge on any atom is -0.550 e. The number of hydrogen-bond donors (Lipinski definition) is 0. The molecule has 0 fully saturated rings. The first-order valence-corrected chi connectivity index (χ1v) is 9.39. The quantitative estimate of drug-likeness (QED) is 0.684. The molecule has 1 aliphatic rings. The second-order valence-corrected chi connectivity index (χ2v) is 6.73. The summed E-state index contributed by atoms with van der Waals surface area (Å²) in [7, 11) is 3.21. The zero-order valence-corrected chi connectivity index (χ0v) is 16.5. The lowest BCUT2D eigenvalue weighted by Gasteiger charge is -2.22. The molecular formula is C22H23N2O5-. The molecule has 1 heterocycles. The summed E-state index contributed by atoms with van der Waals surface area (Å²) >= 11 is 0. The highest BCUT2D eigenvalue weighted by Crippen LogP contribution is 2.34.